The molecule has 1 heterocycles. The second-order valence-corrected chi connectivity index (χ2v) is 5.42. The molecule has 4 nitrogen and oxygen atoms in total. The van der Waals surface area contributed by atoms with Gasteiger partial charge >= 0.3 is 0 Å². The minimum Gasteiger partial charge on any atom is -0.388 e. The van der Waals surface area contributed by atoms with E-state index in [2.05, 4.69) is 10.2 Å². The maximum Gasteiger partial charge on any atom is 0.234 e. The Morgan fingerprint density at radius 2 is 2.00 bits per heavy atom. The van der Waals surface area contributed by atoms with Gasteiger partial charge in [0.2, 0.25) is 5.91 Å². The summed E-state index contributed by atoms with van der Waals surface area (Å²) in [5.74, 6) is 0.387. The summed E-state index contributed by atoms with van der Waals surface area (Å²) in [4.78, 5) is 13.7. The normalized spacial score (nSPS) is 18.7. The Morgan fingerprint density at radius 1 is 1.35 bits per heavy atom. The predicted molar refractivity (Wildman–Crippen MR) is 79.2 cm³/mol. The molecule has 0 bridgehead atoms. The van der Waals surface area contributed by atoms with Crippen molar-refractivity contribution in [3.05, 3.63) is 35.9 Å². The van der Waals surface area contributed by atoms with Crippen LogP contribution in [0.3, 0.4) is 0 Å². The number of hydrogen-bond donors (Lipinski definition) is 2. The summed E-state index contributed by atoms with van der Waals surface area (Å²) in [6, 6.07) is 9.84. The first-order valence-corrected chi connectivity index (χ1v) is 7.42. The van der Waals surface area contributed by atoms with Crippen molar-refractivity contribution in [3.8, 4) is 0 Å². The maximum absolute atomic E-state index is 11.5. The van der Waals surface area contributed by atoms with Crippen LogP contribution in [0.2, 0.25) is 0 Å². The molecule has 0 aromatic heterocycles. The molecule has 1 aliphatic heterocycles. The first-order chi connectivity index (χ1) is 9.70. The van der Waals surface area contributed by atoms with Crippen molar-refractivity contribution in [2.24, 2.45) is 5.92 Å². The van der Waals surface area contributed by atoms with Crippen LogP contribution in [0.25, 0.3) is 0 Å². The maximum atomic E-state index is 11.5. The van der Waals surface area contributed by atoms with Gasteiger partial charge in [-0.25, -0.2) is 0 Å². The lowest BCUT2D eigenvalue weighted by Crippen LogP contribution is -2.42. The number of carbonyl (C=O) groups is 1. The molecule has 2 rings (SSSR count). The Bertz CT molecular complexity index is 414. The van der Waals surface area contributed by atoms with Crippen molar-refractivity contribution >= 4 is 5.91 Å². The van der Waals surface area contributed by atoms with Gasteiger partial charge in [0.05, 0.1) is 12.6 Å². The number of likely N-dealkylation sites (N-methyl/N-ethyl adjacent to an activating group) is 1. The van der Waals surface area contributed by atoms with Crippen LogP contribution in [0.4, 0.5) is 0 Å². The Balaban J connectivity index is 1.81. The number of nitrogens with one attached hydrogen (secondary N) is 1. The van der Waals surface area contributed by atoms with Crippen molar-refractivity contribution in [3.63, 3.8) is 0 Å². The van der Waals surface area contributed by atoms with Gasteiger partial charge in [-0.1, -0.05) is 30.3 Å². The largest absolute Gasteiger partial charge is 0.388 e. The summed E-state index contributed by atoms with van der Waals surface area (Å²) < 4.78 is 0. The molecule has 0 spiro atoms. The van der Waals surface area contributed by atoms with E-state index in [0.29, 0.717) is 19.0 Å². The minimum atomic E-state index is -0.386. The van der Waals surface area contributed by atoms with Gasteiger partial charge < -0.3 is 10.4 Å². The Morgan fingerprint density at radius 3 is 2.60 bits per heavy atom. The molecule has 110 valence electrons. The smallest absolute Gasteiger partial charge is 0.234 e. The zero-order chi connectivity index (χ0) is 14.4. The van der Waals surface area contributed by atoms with Crippen molar-refractivity contribution in [1.29, 1.82) is 0 Å². The lowest BCUT2D eigenvalue weighted by Gasteiger charge is -2.33. The Kier molecular flexibility index (Phi) is 5.56. The number of aliphatic hydroxyl groups is 1. The average Bonchev–Trinajstić information content (AvgIpc) is 2.48. The van der Waals surface area contributed by atoms with Gasteiger partial charge in [-0.2, -0.15) is 0 Å². The highest BCUT2D eigenvalue weighted by atomic mass is 16.3. The first-order valence-electron chi connectivity index (χ1n) is 7.42. The molecule has 1 amide bonds. The summed E-state index contributed by atoms with van der Waals surface area (Å²) in [7, 11) is 0. The van der Waals surface area contributed by atoms with Crippen LogP contribution in [0.5, 0.6) is 0 Å². The van der Waals surface area contributed by atoms with Gasteiger partial charge in [-0.3, -0.25) is 9.69 Å². The van der Waals surface area contributed by atoms with Gasteiger partial charge in [0.15, 0.2) is 0 Å². The van der Waals surface area contributed by atoms with Crippen molar-refractivity contribution in [2.75, 3.05) is 26.2 Å². The second-order valence-electron chi connectivity index (χ2n) is 5.42. The molecular formula is C16H24N2O2. The molecule has 1 aliphatic rings. The quantitative estimate of drug-likeness (QED) is 0.858. The van der Waals surface area contributed by atoms with E-state index < -0.39 is 0 Å². The molecular weight excluding hydrogens is 252 g/mol. The molecule has 1 atom stereocenters. The number of likely N-dealkylation sites (tertiary alicyclic amines) is 1. The molecule has 0 radical (unpaired) electrons. The van der Waals surface area contributed by atoms with Crippen LogP contribution >= 0.6 is 0 Å². The summed E-state index contributed by atoms with van der Waals surface area (Å²) in [5.41, 5.74) is 0.995. The number of benzene rings is 1. The van der Waals surface area contributed by atoms with Gasteiger partial charge in [0.1, 0.15) is 0 Å². The van der Waals surface area contributed by atoms with E-state index in [0.717, 1.165) is 31.5 Å². The number of amides is 1. The van der Waals surface area contributed by atoms with Crippen LogP contribution in [0, 0.1) is 5.92 Å². The number of nitrogens with zero attached hydrogens (tertiary/aromatic N) is 1. The fraction of sp³-hybridized carbons (Fsp3) is 0.562. The molecule has 1 saturated heterocycles. The molecule has 0 saturated carbocycles. The lowest BCUT2D eigenvalue weighted by molar-refractivity contribution is -0.122. The third kappa shape index (κ3) is 4.05. The minimum absolute atomic E-state index is 0.0922. The summed E-state index contributed by atoms with van der Waals surface area (Å²) in [6.45, 7) is 4.85. The molecule has 2 N–H and O–H groups in total. The fourth-order valence-electron chi connectivity index (χ4n) is 2.81. The van der Waals surface area contributed by atoms with Gasteiger partial charge in [0.25, 0.3) is 0 Å². The average molecular weight is 276 g/mol. The fourth-order valence-corrected chi connectivity index (χ4v) is 2.81. The molecule has 4 heteroatoms. The van der Waals surface area contributed by atoms with Crippen LogP contribution < -0.4 is 5.32 Å². The second kappa shape index (κ2) is 7.41. The molecule has 1 aromatic carbocycles. The molecule has 1 fully saturated rings. The number of rotatable bonds is 5. The summed E-state index contributed by atoms with van der Waals surface area (Å²) in [6.07, 6.45) is 1.49. The van der Waals surface area contributed by atoms with E-state index in [4.69, 9.17) is 0 Å². The summed E-state index contributed by atoms with van der Waals surface area (Å²) in [5, 5.41) is 13.2. The van der Waals surface area contributed by atoms with E-state index in [1.165, 1.54) is 0 Å². The van der Waals surface area contributed by atoms with Gasteiger partial charge in [-0.15, -0.1) is 0 Å². The lowest BCUT2D eigenvalue weighted by atomic mass is 9.87. The van der Waals surface area contributed by atoms with Crippen LogP contribution in [0.1, 0.15) is 31.4 Å². The zero-order valence-corrected chi connectivity index (χ0v) is 12.1. The third-order valence-electron chi connectivity index (χ3n) is 3.96. The number of aliphatic hydroxyl groups excluding tert-OH is 1. The van der Waals surface area contributed by atoms with Crippen LogP contribution in [0.15, 0.2) is 30.3 Å². The highest BCUT2D eigenvalue weighted by Crippen LogP contribution is 2.30. The van der Waals surface area contributed by atoms with E-state index in [1.807, 2.05) is 37.3 Å². The molecule has 1 unspecified atom stereocenters. The van der Waals surface area contributed by atoms with Gasteiger partial charge in [-0.05, 0) is 44.3 Å². The van der Waals surface area contributed by atoms with E-state index in [9.17, 15) is 9.90 Å². The predicted octanol–water partition coefficient (Wildman–Crippen LogP) is 1.57. The van der Waals surface area contributed by atoms with Crippen molar-refractivity contribution < 1.29 is 9.90 Å². The summed E-state index contributed by atoms with van der Waals surface area (Å²) >= 11 is 0. The molecule has 1 aromatic rings. The Hall–Kier alpha value is -1.39. The van der Waals surface area contributed by atoms with E-state index in [1.54, 1.807) is 0 Å². The van der Waals surface area contributed by atoms with Crippen LogP contribution in [-0.2, 0) is 4.79 Å². The molecule has 0 aliphatic carbocycles. The highest BCUT2D eigenvalue weighted by molar-refractivity contribution is 5.77. The third-order valence-corrected chi connectivity index (χ3v) is 3.96. The number of piperidine rings is 1. The first kappa shape index (κ1) is 15.0. The Labute approximate surface area is 120 Å². The van der Waals surface area contributed by atoms with Crippen molar-refractivity contribution in [1.82, 2.24) is 10.2 Å². The van der Waals surface area contributed by atoms with Crippen LogP contribution in [-0.4, -0.2) is 42.1 Å². The number of hydrogen-bond acceptors (Lipinski definition) is 3. The van der Waals surface area contributed by atoms with Gasteiger partial charge in [0, 0.05) is 6.54 Å². The topological polar surface area (TPSA) is 52.6 Å². The number of carbonyl (C=O) groups excluding carboxylic acids is 1. The monoisotopic (exact) mass is 276 g/mol. The molecule has 20 heavy (non-hydrogen) atoms. The zero-order valence-electron chi connectivity index (χ0n) is 12.1. The van der Waals surface area contributed by atoms with E-state index >= 15 is 0 Å². The van der Waals surface area contributed by atoms with E-state index in [-0.39, 0.29) is 12.0 Å². The highest BCUT2D eigenvalue weighted by Gasteiger charge is 2.26. The van der Waals surface area contributed by atoms with Crippen molar-refractivity contribution in [2.45, 2.75) is 25.9 Å². The SMILES string of the molecule is CCNC(=O)CN1CCC(C(O)c2ccccc2)CC1. The standard InChI is InChI=1S/C16H24N2O2/c1-2-17-15(19)12-18-10-8-14(9-11-18)16(20)13-6-4-3-5-7-13/h3-7,14,16,20H,2,8-12H2,1H3,(H,17,19).